The maximum Gasteiger partial charge on any atom is 0.120 e. The molecule has 0 amide bonds. The van der Waals surface area contributed by atoms with E-state index in [0.717, 1.165) is 11.7 Å². The number of hydrogen-bond donors (Lipinski definition) is 0. The lowest BCUT2D eigenvalue weighted by molar-refractivity contribution is 0.304. The first-order chi connectivity index (χ1) is 14.2. The summed E-state index contributed by atoms with van der Waals surface area (Å²) in [6, 6.07) is 25.9. The van der Waals surface area contributed by atoms with Gasteiger partial charge in [-0.3, -0.25) is 0 Å². The monoisotopic (exact) mass is 403 g/mol. The van der Waals surface area contributed by atoms with Gasteiger partial charge in [-0.25, -0.2) is 0 Å². The maximum atomic E-state index is 6.10. The highest BCUT2D eigenvalue weighted by Crippen LogP contribution is 2.30. The third kappa shape index (κ3) is 5.71. The van der Waals surface area contributed by atoms with E-state index < -0.39 is 0 Å². The Morgan fingerprint density at radius 1 is 0.867 bits per heavy atom. The van der Waals surface area contributed by atoms with Crippen molar-refractivity contribution in [2.45, 2.75) is 32.3 Å². The molecule has 0 saturated heterocycles. The highest BCUT2D eigenvalue weighted by molar-refractivity contribution is 5.63. The molecular weight excluding hydrogens is 370 g/mol. The number of benzene rings is 3. The van der Waals surface area contributed by atoms with Gasteiger partial charge in [-0.2, -0.15) is 0 Å². The first-order valence-electron chi connectivity index (χ1n) is 10.7. The van der Waals surface area contributed by atoms with E-state index in [9.17, 15) is 0 Å². The van der Waals surface area contributed by atoms with Gasteiger partial charge in [-0.1, -0.05) is 60.7 Å². The van der Waals surface area contributed by atoms with Crippen molar-refractivity contribution in [2.75, 3.05) is 20.6 Å². The molecule has 0 unspecified atom stereocenters. The van der Waals surface area contributed by atoms with Crippen molar-refractivity contribution in [1.82, 2.24) is 4.90 Å². The second-order valence-corrected chi connectivity index (χ2v) is 8.48. The van der Waals surface area contributed by atoms with Crippen molar-refractivity contribution in [2.24, 2.45) is 5.92 Å². The third-order valence-electron chi connectivity index (χ3n) is 5.96. The van der Waals surface area contributed by atoms with E-state index in [1.54, 1.807) is 0 Å². The zero-order valence-corrected chi connectivity index (χ0v) is 18.1. The summed E-state index contributed by atoms with van der Waals surface area (Å²) in [5.41, 5.74) is 6.68. The Morgan fingerprint density at radius 2 is 1.60 bits per heavy atom. The Hall–Kier alpha value is -2.62. The minimum Gasteiger partial charge on any atom is -0.489 e. The van der Waals surface area contributed by atoms with Crippen LogP contribution >= 0.6 is 0 Å². The smallest absolute Gasteiger partial charge is 0.120 e. The first-order valence-corrected chi connectivity index (χ1v) is 10.7. The van der Waals surface area contributed by atoms with Crippen molar-refractivity contribution in [3.63, 3.8) is 0 Å². The van der Waals surface area contributed by atoms with E-state index >= 15 is 0 Å². The van der Waals surface area contributed by atoms with Crippen LogP contribution in [0.25, 0.3) is 11.1 Å². The van der Waals surface area contributed by atoms with Crippen LogP contribution in [0.1, 0.15) is 29.5 Å². The molecule has 3 nitrogen and oxygen atoms in total. The zero-order chi connectivity index (χ0) is 20.1. The SMILES string of the molecule is CN(C)CC[C@@H]1CCc2cc(OCc3ccc(-c4ccccc4)cc3)ccc2C1.O. The molecular formula is C27H33NO2. The van der Waals surface area contributed by atoms with Gasteiger partial charge in [0.05, 0.1) is 0 Å². The molecule has 1 aliphatic rings. The highest BCUT2D eigenvalue weighted by Gasteiger charge is 2.19. The molecule has 0 radical (unpaired) electrons. The molecule has 4 rings (SSSR count). The summed E-state index contributed by atoms with van der Waals surface area (Å²) in [6.45, 7) is 1.80. The number of rotatable bonds is 7. The molecule has 30 heavy (non-hydrogen) atoms. The van der Waals surface area contributed by atoms with E-state index in [1.807, 2.05) is 6.07 Å². The van der Waals surface area contributed by atoms with Crippen LogP contribution in [0.5, 0.6) is 5.75 Å². The van der Waals surface area contributed by atoms with Crippen LogP contribution in [0.15, 0.2) is 72.8 Å². The summed E-state index contributed by atoms with van der Waals surface area (Å²) >= 11 is 0. The van der Waals surface area contributed by atoms with Crippen molar-refractivity contribution >= 4 is 0 Å². The number of hydrogen-bond acceptors (Lipinski definition) is 2. The number of ether oxygens (including phenoxy) is 1. The molecule has 0 saturated carbocycles. The van der Waals surface area contributed by atoms with Gasteiger partial charge in [0.25, 0.3) is 0 Å². The Kier molecular flexibility index (Phi) is 7.67. The normalized spacial score (nSPS) is 15.4. The van der Waals surface area contributed by atoms with Crippen LogP contribution in [0.2, 0.25) is 0 Å². The van der Waals surface area contributed by atoms with Gasteiger partial charge in [-0.05, 0) is 92.2 Å². The van der Waals surface area contributed by atoms with Gasteiger partial charge in [0.1, 0.15) is 12.4 Å². The van der Waals surface area contributed by atoms with Gasteiger partial charge in [0.15, 0.2) is 0 Å². The van der Waals surface area contributed by atoms with Crippen LogP contribution in [-0.2, 0) is 19.4 Å². The maximum absolute atomic E-state index is 6.10. The first kappa shape index (κ1) is 22.1. The van der Waals surface area contributed by atoms with Crippen molar-refractivity contribution in [1.29, 1.82) is 0 Å². The lowest BCUT2D eigenvalue weighted by Crippen LogP contribution is -2.21. The Labute approximate surface area is 180 Å². The van der Waals surface area contributed by atoms with Crippen LogP contribution < -0.4 is 4.74 Å². The summed E-state index contributed by atoms with van der Waals surface area (Å²) in [5, 5.41) is 0. The molecule has 3 heteroatoms. The van der Waals surface area contributed by atoms with Gasteiger partial charge in [0, 0.05) is 0 Å². The third-order valence-corrected chi connectivity index (χ3v) is 5.96. The molecule has 3 aromatic rings. The molecule has 158 valence electrons. The molecule has 0 heterocycles. The van der Waals surface area contributed by atoms with Gasteiger partial charge in [-0.15, -0.1) is 0 Å². The second-order valence-electron chi connectivity index (χ2n) is 8.48. The molecule has 0 fully saturated rings. The predicted octanol–water partition coefficient (Wildman–Crippen LogP) is 5.16. The Morgan fingerprint density at radius 3 is 2.33 bits per heavy atom. The number of fused-ring (bicyclic) bond motifs is 1. The zero-order valence-electron chi connectivity index (χ0n) is 18.1. The minimum atomic E-state index is 0. The Bertz CT molecular complexity index is 919. The fraction of sp³-hybridized carbons (Fsp3) is 0.333. The molecule has 1 aliphatic carbocycles. The lowest BCUT2D eigenvalue weighted by Gasteiger charge is -2.26. The number of nitrogens with zero attached hydrogens (tertiary/aromatic N) is 1. The largest absolute Gasteiger partial charge is 0.489 e. The quantitative estimate of drug-likeness (QED) is 0.547. The molecule has 2 N–H and O–H groups in total. The van der Waals surface area contributed by atoms with Crippen molar-refractivity contribution in [3.05, 3.63) is 89.5 Å². The Balaban J connectivity index is 0.00000256. The highest BCUT2D eigenvalue weighted by atomic mass is 16.5. The molecule has 0 aliphatic heterocycles. The summed E-state index contributed by atoms with van der Waals surface area (Å²) in [4.78, 5) is 2.29. The second kappa shape index (κ2) is 10.4. The van der Waals surface area contributed by atoms with E-state index in [-0.39, 0.29) is 5.48 Å². The van der Waals surface area contributed by atoms with Gasteiger partial charge in [0.2, 0.25) is 0 Å². The fourth-order valence-corrected chi connectivity index (χ4v) is 4.17. The molecule has 1 atom stereocenters. The molecule has 0 aromatic heterocycles. The minimum absolute atomic E-state index is 0. The predicted molar refractivity (Wildman–Crippen MR) is 125 cm³/mol. The van der Waals surface area contributed by atoms with Gasteiger partial charge < -0.3 is 15.1 Å². The van der Waals surface area contributed by atoms with E-state index in [2.05, 4.69) is 85.7 Å². The standard InChI is InChI=1S/C27H31NO.H2O/c1-28(2)17-16-21-8-13-26-19-27(15-14-25(26)18-21)29-20-22-9-11-24(12-10-22)23-6-4-3-5-7-23;/h3-7,9-12,14-15,19,21H,8,13,16-18,20H2,1-2H3;1H2/t21-;/m0./s1. The summed E-state index contributed by atoms with van der Waals surface area (Å²) in [6.07, 6.45) is 4.98. The summed E-state index contributed by atoms with van der Waals surface area (Å²) < 4.78 is 6.10. The summed E-state index contributed by atoms with van der Waals surface area (Å²) in [5.74, 6) is 1.81. The van der Waals surface area contributed by atoms with Crippen molar-refractivity contribution in [3.8, 4) is 16.9 Å². The van der Waals surface area contributed by atoms with Crippen molar-refractivity contribution < 1.29 is 10.2 Å². The molecule has 3 aromatic carbocycles. The van der Waals surface area contributed by atoms with Crippen LogP contribution in [0.3, 0.4) is 0 Å². The van der Waals surface area contributed by atoms with Crippen LogP contribution in [-0.4, -0.2) is 31.0 Å². The average molecular weight is 404 g/mol. The molecule has 0 bridgehead atoms. The van der Waals surface area contributed by atoms with Crippen LogP contribution in [0.4, 0.5) is 0 Å². The number of aryl methyl sites for hydroxylation is 1. The van der Waals surface area contributed by atoms with E-state index in [0.29, 0.717) is 6.61 Å². The fourth-order valence-electron chi connectivity index (χ4n) is 4.17. The van der Waals surface area contributed by atoms with E-state index in [4.69, 9.17) is 4.74 Å². The van der Waals surface area contributed by atoms with E-state index in [1.165, 1.54) is 60.0 Å². The average Bonchev–Trinajstić information content (AvgIpc) is 2.77. The topological polar surface area (TPSA) is 44.0 Å². The molecule has 0 spiro atoms. The van der Waals surface area contributed by atoms with Gasteiger partial charge >= 0.3 is 0 Å². The van der Waals surface area contributed by atoms with Crippen LogP contribution in [0, 0.1) is 5.92 Å². The lowest BCUT2D eigenvalue weighted by atomic mass is 9.82. The summed E-state index contributed by atoms with van der Waals surface area (Å²) in [7, 11) is 4.32.